The van der Waals surface area contributed by atoms with Gasteiger partial charge >= 0.3 is 0 Å². The van der Waals surface area contributed by atoms with Crippen molar-refractivity contribution >= 4 is 23.2 Å². The Morgan fingerprint density at radius 3 is 2.47 bits per heavy atom. The molecule has 2 fully saturated rings. The van der Waals surface area contributed by atoms with Gasteiger partial charge in [-0.3, -0.25) is 14.5 Å². The lowest BCUT2D eigenvalue weighted by atomic mass is 9.89. The van der Waals surface area contributed by atoms with Gasteiger partial charge in [0.1, 0.15) is 0 Å². The molecule has 2 aliphatic rings. The largest absolute Gasteiger partial charge is 0.378 e. The van der Waals surface area contributed by atoms with Gasteiger partial charge in [-0.1, -0.05) is 19.3 Å². The third-order valence-electron chi connectivity index (χ3n) is 6.25. The molecule has 0 spiro atoms. The van der Waals surface area contributed by atoms with Crippen LogP contribution in [0, 0.1) is 5.92 Å². The summed E-state index contributed by atoms with van der Waals surface area (Å²) in [5.41, 5.74) is 1.90. The maximum atomic E-state index is 12.5. The second-order valence-electron chi connectivity index (χ2n) is 8.53. The number of rotatable bonds is 8. The molecule has 30 heavy (non-hydrogen) atoms. The quantitative estimate of drug-likeness (QED) is 0.681. The number of amides is 2. The van der Waals surface area contributed by atoms with Crippen molar-refractivity contribution in [3.05, 3.63) is 24.3 Å². The summed E-state index contributed by atoms with van der Waals surface area (Å²) < 4.78 is 5.38. The van der Waals surface area contributed by atoms with Crippen LogP contribution in [0.2, 0.25) is 0 Å². The van der Waals surface area contributed by atoms with Gasteiger partial charge in [0.15, 0.2) is 0 Å². The first-order valence-electron chi connectivity index (χ1n) is 11.2. The summed E-state index contributed by atoms with van der Waals surface area (Å²) in [5.74, 6) is 0.471. The predicted octanol–water partition coefficient (Wildman–Crippen LogP) is 2.48. The second kappa shape index (κ2) is 11.3. The van der Waals surface area contributed by atoms with Crippen molar-refractivity contribution in [1.29, 1.82) is 0 Å². The van der Waals surface area contributed by atoms with E-state index in [0.717, 1.165) is 44.2 Å². The second-order valence-corrected chi connectivity index (χ2v) is 8.53. The molecule has 1 heterocycles. The molecule has 2 amide bonds. The van der Waals surface area contributed by atoms with Crippen LogP contribution in [0.4, 0.5) is 11.4 Å². The Bertz CT molecular complexity index is 682. The average Bonchev–Trinajstić information content (AvgIpc) is 2.78. The van der Waals surface area contributed by atoms with E-state index in [-0.39, 0.29) is 24.4 Å². The lowest BCUT2D eigenvalue weighted by molar-refractivity contribution is -0.126. The van der Waals surface area contributed by atoms with Gasteiger partial charge in [-0.05, 0) is 57.0 Å². The molecule has 7 nitrogen and oxygen atoms in total. The fourth-order valence-corrected chi connectivity index (χ4v) is 4.13. The monoisotopic (exact) mass is 416 g/mol. The number of nitrogens with zero attached hydrogens (tertiary/aromatic N) is 2. The van der Waals surface area contributed by atoms with Gasteiger partial charge in [-0.25, -0.2) is 0 Å². The Morgan fingerprint density at radius 2 is 1.80 bits per heavy atom. The van der Waals surface area contributed by atoms with Crippen molar-refractivity contribution in [2.75, 3.05) is 56.7 Å². The van der Waals surface area contributed by atoms with Crippen molar-refractivity contribution in [1.82, 2.24) is 10.2 Å². The van der Waals surface area contributed by atoms with Crippen LogP contribution in [0.5, 0.6) is 0 Å². The summed E-state index contributed by atoms with van der Waals surface area (Å²) in [4.78, 5) is 28.9. The predicted molar refractivity (Wildman–Crippen MR) is 120 cm³/mol. The van der Waals surface area contributed by atoms with Gasteiger partial charge in [0.25, 0.3) is 0 Å². The summed E-state index contributed by atoms with van der Waals surface area (Å²) in [5, 5.41) is 5.99. The highest BCUT2D eigenvalue weighted by Gasteiger charge is 2.22. The number of hydrogen-bond acceptors (Lipinski definition) is 5. The minimum atomic E-state index is -0.344. The average molecular weight is 417 g/mol. The molecule has 0 aromatic heterocycles. The molecule has 0 radical (unpaired) electrons. The fourth-order valence-electron chi connectivity index (χ4n) is 4.13. The molecule has 1 aliphatic carbocycles. The smallest absolute Gasteiger partial charge is 0.238 e. The molecule has 1 saturated heterocycles. The molecular weight excluding hydrogens is 380 g/mol. The number of nitrogens with one attached hydrogen (secondary N) is 2. The first-order valence-corrected chi connectivity index (χ1v) is 11.2. The number of benzene rings is 1. The number of morpholine rings is 1. The third-order valence-corrected chi connectivity index (χ3v) is 6.25. The third kappa shape index (κ3) is 6.71. The van der Waals surface area contributed by atoms with Gasteiger partial charge in [0.2, 0.25) is 11.8 Å². The van der Waals surface area contributed by atoms with Gasteiger partial charge in [-0.2, -0.15) is 0 Å². The molecule has 1 aliphatic heterocycles. The highest BCUT2D eigenvalue weighted by atomic mass is 16.5. The molecule has 0 bridgehead atoms. The number of anilines is 2. The maximum Gasteiger partial charge on any atom is 0.238 e. The zero-order valence-corrected chi connectivity index (χ0v) is 18.4. The normalized spacial score (nSPS) is 18.8. The molecule has 166 valence electrons. The van der Waals surface area contributed by atoms with Crippen molar-refractivity contribution in [2.45, 2.75) is 45.1 Å². The van der Waals surface area contributed by atoms with E-state index in [0.29, 0.717) is 5.92 Å². The van der Waals surface area contributed by atoms with E-state index in [2.05, 4.69) is 15.5 Å². The van der Waals surface area contributed by atoms with E-state index < -0.39 is 0 Å². The molecule has 2 N–H and O–H groups in total. The van der Waals surface area contributed by atoms with Crippen LogP contribution < -0.4 is 15.5 Å². The van der Waals surface area contributed by atoms with Gasteiger partial charge in [-0.15, -0.1) is 0 Å². The first kappa shape index (κ1) is 22.6. The van der Waals surface area contributed by atoms with E-state index in [4.69, 9.17) is 4.74 Å². The zero-order valence-electron chi connectivity index (χ0n) is 18.4. The number of hydrogen-bond donors (Lipinski definition) is 2. The van der Waals surface area contributed by atoms with Crippen molar-refractivity contribution in [2.24, 2.45) is 5.92 Å². The van der Waals surface area contributed by atoms with Crippen LogP contribution >= 0.6 is 0 Å². The highest BCUT2D eigenvalue weighted by molar-refractivity contribution is 5.93. The Kier molecular flexibility index (Phi) is 8.51. The summed E-state index contributed by atoms with van der Waals surface area (Å²) in [6, 6.07) is 7.53. The summed E-state index contributed by atoms with van der Waals surface area (Å²) >= 11 is 0. The fraction of sp³-hybridized carbons (Fsp3) is 0.652. The number of likely N-dealkylation sites (N-methyl/N-ethyl adjacent to an activating group) is 1. The standard InChI is InChI=1S/C23H36N4O3/c1-18(23(29)24-16-19-6-4-3-5-7-19)26(2)17-22(28)25-20-8-10-21(11-9-20)27-12-14-30-15-13-27/h8-11,18-19H,3-7,12-17H2,1-2H3,(H,24,29)(H,25,28)/t18-/m0/s1. The SMILES string of the molecule is C[C@@H](C(=O)NCC1CCCCC1)N(C)CC(=O)Nc1ccc(N2CCOCC2)cc1. The van der Waals surface area contributed by atoms with Crippen LogP contribution in [-0.4, -0.2) is 69.2 Å². The van der Waals surface area contributed by atoms with Gasteiger partial charge in [0, 0.05) is 31.0 Å². The molecule has 3 rings (SSSR count). The molecule has 1 aromatic rings. The summed E-state index contributed by atoms with van der Waals surface area (Å²) in [7, 11) is 1.81. The van der Waals surface area contributed by atoms with Crippen LogP contribution in [-0.2, 0) is 14.3 Å². The minimum absolute atomic E-state index is 0.00858. The van der Waals surface area contributed by atoms with Crippen molar-refractivity contribution < 1.29 is 14.3 Å². The van der Waals surface area contributed by atoms with E-state index in [1.165, 1.54) is 32.1 Å². The van der Waals surface area contributed by atoms with Crippen molar-refractivity contribution in [3.8, 4) is 0 Å². The van der Waals surface area contributed by atoms with Gasteiger partial charge in [0.05, 0.1) is 25.8 Å². The van der Waals surface area contributed by atoms with E-state index >= 15 is 0 Å². The number of carbonyl (C=O) groups is 2. The number of carbonyl (C=O) groups excluding carboxylic acids is 2. The Labute approximate surface area is 180 Å². The van der Waals surface area contributed by atoms with Crippen LogP contribution in [0.25, 0.3) is 0 Å². The summed E-state index contributed by atoms with van der Waals surface area (Å²) in [6.45, 7) is 6.03. The molecule has 1 aromatic carbocycles. The summed E-state index contributed by atoms with van der Waals surface area (Å²) in [6.07, 6.45) is 6.26. The van der Waals surface area contributed by atoms with E-state index in [9.17, 15) is 9.59 Å². The van der Waals surface area contributed by atoms with E-state index in [1.807, 2.05) is 38.2 Å². The zero-order chi connectivity index (χ0) is 21.3. The topological polar surface area (TPSA) is 73.9 Å². The van der Waals surface area contributed by atoms with Crippen LogP contribution in [0.1, 0.15) is 39.0 Å². The van der Waals surface area contributed by atoms with Gasteiger partial charge < -0.3 is 20.3 Å². The lowest BCUT2D eigenvalue weighted by Crippen LogP contribution is -2.47. The molecule has 7 heteroatoms. The molecule has 1 saturated carbocycles. The minimum Gasteiger partial charge on any atom is -0.378 e. The number of ether oxygens (including phenoxy) is 1. The van der Waals surface area contributed by atoms with E-state index in [1.54, 1.807) is 4.90 Å². The lowest BCUT2D eigenvalue weighted by Gasteiger charge is -2.29. The Hall–Kier alpha value is -2.12. The Morgan fingerprint density at radius 1 is 1.13 bits per heavy atom. The first-order chi connectivity index (χ1) is 14.5. The van der Waals surface area contributed by atoms with Crippen molar-refractivity contribution in [3.63, 3.8) is 0 Å². The molecular formula is C23H36N4O3. The molecule has 0 unspecified atom stereocenters. The Balaban J connectivity index is 1.41. The van der Waals surface area contributed by atoms with Crippen LogP contribution in [0.3, 0.4) is 0 Å². The maximum absolute atomic E-state index is 12.5. The highest BCUT2D eigenvalue weighted by Crippen LogP contribution is 2.23. The van der Waals surface area contributed by atoms with Crippen LogP contribution in [0.15, 0.2) is 24.3 Å². The molecule has 1 atom stereocenters.